The van der Waals surface area contributed by atoms with Gasteiger partial charge in [0.2, 0.25) is 5.91 Å². The maximum absolute atomic E-state index is 13.8. The van der Waals surface area contributed by atoms with Crippen molar-refractivity contribution in [2.45, 2.75) is 71.9 Å². The van der Waals surface area contributed by atoms with Crippen molar-refractivity contribution in [2.24, 2.45) is 5.92 Å². The summed E-state index contributed by atoms with van der Waals surface area (Å²) in [6.45, 7) is 11.5. The number of nitrogens with zero attached hydrogens (tertiary/aromatic N) is 2. The van der Waals surface area contributed by atoms with Crippen LogP contribution in [0.25, 0.3) is 0 Å². The van der Waals surface area contributed by atoms with Gasteiger partial charge in [0, 0.05) is 32.1 Å². The van der Waals surface area contributed by atoms with Crippen LogP contribution in [-0.4, -0.2) is 53.1 Å². The maximum atomic E-state index is 13.8. The molecule has 0 saturated carbocycles. The third-order valence-corrected chi connectivity index (χ3v) is 5.14. The molecule has 162 valence electrons. The molecule has 1 fully saturated rings. The molecule has 0 N–H and O–H groups in total. The fourth-order valence-electron chi connectivity index (χ4n) is 3.64. The Morgan fingerprint density at radius 2 is 1.97 bits per heavy atom. The van der Waals surface area contributed by atoms with Crippen LogP contribution in [0.15, 0.2) is 24.3 Å². The fraction of sp³-hybridized carbons (Fsp3) is 0.652. The van der Waals surface area contributed by atoms with Crippen molar-refractivity contribution >= 4 is 12.0 Å². The lowest BCUT2D eigenvalue weighted by molar-refractivity contribution is -0.133. The van der Waals surface area contributed by atoms with E-state index in [9.17, 15) is 14.0 Å². The molecule has 6 heteroatoms. The van der Waals surface area contributed by atoms with Crippen LogP contribution in [0.3, 0.4) is 0 Å². The highest BCUT2D eigenvalue weighted by Crippen LogP contribution is 2.22. The van der Waals surface area contributed by atoms with Crippen molar-refractivity contribution < 1.29 is 18.7 Å². The summed E-state index contributed by atoms with van der Waals surface area (Å²) in [6, 6.07) is 6.62. The van der Waals surface area contributed by atoms with Gasteiger partial charge in [-0.2, -0.15) is 0 Å². The van der Waals surface area contributed by atoms with E-state index in [0.29, 0.717) is 31.5 Å². The van der Waals surface area contributed by atoms with Crippen molar-refractivity contribution in [3.8, 4) is 0 Å². The Hall–Kier alpha value is -2.11. The number of hydrogen-bond acceptors (Lipinski definition) is 3. The van der Waals surface area contributed by atoms with Gasteiger partial charge < -0.3 is 14.5 Å². The van der Waals surface area contributed by atoms with Crippen molar-refractivity contribution in [3.05, 3.63) is 35.6 Å². The molecular weight excluding hydrogens is 371 g/mol. The van der Waals surface area contributed by atoms with E-state index in [2.05, 4.69) is 0 Å². The predicted octanol–water partition coefficient (Wildman–Crippen LogP) is 4.64. The minimum Gasteiger partial charge on any atom is -0.444 e. The molecule has 1 aromatic carbocycles. The summed E-state index contributed by atoms with van der Waals surface area (Å²) in [5.41, 5.74) is 0.0382. The molecule has 0 aliphatic carbocycles. The number of aryl methyl sites for hydroxylation is 1. The molecule has 0 spiro atoms. The SMILES string of the molecule is CC(C)N(CC1CCCN(C(=O)CCc2ccccc2F)C1)C(=O)OC(C)(C)C. The average Bonchev–Trinajstić information content (AvgIpc) is 2.63. The number of carbonyl (C=O) groups is 2. The summed E-state index contributed by atoms with van der Waals surface area (Å²) < 4.78 is 19.3. The first-order valence-corrected chi connectivity index (χ1v) is 10.6. The van der Waals surface area contributed by atoms with E-state index in [1.165, 1.54) is 6.07 Å². The maximum Gasteiger partial charge on any atom is 0.410 e. The second-order valence-electron chi connectivity index (χ2n) is 9.17. The summed E-state index contributed by atoms with van der Waals surface area (Å²) in [4.78, 5) is 28.9. The van der Waals surface area contributed by atoms with E-state index >= 15 is 0 Å². The number of ether oxygens (including phenoxy) is 1. The molecule has 0 radical (unpaired) electrons. The second-order valence-corrected chi connectivity index (χ2v) is 9.17. The van der Waals surface area contributed by atoms with Gasteiger partial charge >= 0.3 is 6.09 Å². The van der Waals surface area contributed by atoms with Crippen LogP contribution in [0.4, 0.5) is 9.18 Å². The van der Waals surface area contributed by atoms with Gasteiger partial charge in [0.15, 0.2) is 0 Å². The molecule has 1 atom stereocenters. The van der Waals surface area contributed by atoms with Crippen molar-refractivity contribution in [3.63, 3.8) is 0 Å². The highest BCUT2D eigenvalue weighted by molar-refractivity contribution is 5.76. The van der Waals surface area contributed by atoms with E-state index in [-0.39, 0.29) is 29.8 Å². The standard InChI is InChI=1S/C23H35FN2O3/c1-17(2)26(22(28)29-23(3,4)5)16-18-9-8-14-25(15-18)21(27)13-12-19-10-6-7-11-20(19)24/h6-7,10-11,17-18H,8-9,12-16H2,1-5H3. The van der Waals surface area contributed by atoms with E-state index in [1.807, 2.05) is 39.5 Å². The largest absolute Gasteiger partial charge is 0.444 e. The molecule has 29 heavy (non-hydrogen) atoms. The van der Waals surface area contributed by atoms with Crippen LogP contribution in [0.2, 0.25) is 0 Å². The Bertz CT molecular complexity index is 700. The van der Waals surface area contributed by atoms with Crippen molar-refractivity contribution in [1.29, 1.82) is 0 Å². The number of likely N-dealkylation sites (tertiary alicyclic amines) is 1. The van der Waals surface area contributed by atoms with Crippen LogP contribution >= 0.6 is 0 Å². The highest BCUT2D eigenvalue weighted by Gasteiger charge is 2.30. The zero-order chi connectivity index (χ0) is 21.6. The lowest BCUT2D eigenvalue weighted by atomic mass is 9.96. The van der Waals surface area contributed by atoms with Gasteiger partial charge in [0.25, 0.3) is 0 Å². The molecule has 5 nitrogen and oxygen atoms in total. The molecule has 1 unspecified atom stereocenters. The molecule has 1 heterocycles. The van der Waals surface area contributed by atoms with Crippen molar-refractivity contribution in [2.75, 3.05) is 19.6 Å². The first kappa shape index (κ1) is 23.2. The Morgan fingerprint density at radius 1 is 1.28 bits per heavy atom. The minimum atomic E-state index is -0.536. The third-order valence-electron chi connectivity index (χ3n) is 5.14. The van der Waals surface area contributed by atoms with E-state index < -0.39 is 5.60 Å². The average molecular weight is 407 g/mol. The topological polar surface area (TPSA) is 49.9 Å². The van der Waals surface area contributed by atoms with Crippen LogP contribution < -0.4 is 0 Å². The van der Waals surface area contributed by atoms with Crippen LogP contribution in [0.5, 0.6) is 0 Å². The van der Waals surface area contributed by atoms with Crippen LogP contribution in [0, 0.1) is 11.7 Å². The molecule has 1 aliphatic rings. The zero-order valence-electron chi connectivity index (χ0n) is 18.4. The number of hydrogen-bond donors (Lipinski definition) is 0. The Kier molecular flexibility index (Phi) is 8.05. The summed E-state index contributed by atoms with van der Waals surface area (Å²) >= 11 is 0. The monoisotopic (exact) mass is 406 g/mol. The van der Waals surface area contributed by atoms with E-state index in [1.54, 1.807) is 23.1 Å². The van der Waals surface area contributed by atoms with Gasteiger partial charge in [0.05, 0.1) is 0 Å². The molecule has 2 rings (SSSR count). The Balaban J connectivity index is 1.92. The summed E-state index contributed by atoms with van der Waals surface area (Å²) in [7, 11) is 0. The van der Waals surface area contributed by atoms with E-state index in [0.717, 1.165) is 19.4 Å². The number of amides is 2. The molecule has 1 aromatic rings. The molecule has 1 aliphatic heterocycles. The number of halogens is 1. The lowest BCUT2D eigenvalue weighted by Crippen LogP contribution is -2.48. The Labute approximate surface area is 174 Å². The molecule has 0 aromatic heterocycles. The van der Waals surface area contributed by atoms with Gasteiger partial charge in [-0.05, 0) is 71.4 Å². The van der Waals surface area contributed by atoms with Gasteiger partial charge in [-0.1, -0.05) is 18.2 Å². The molecule has 2 amide bonds. The number of benzene rings is 1. The van der Waals surface area contributed by atoms with Gasteiger partial charge in [-0.25, -0.2) is 9.18 Å². The normalized spacial score (nSPS) is 17.3. The summed E-state index contributed by atoms with van der Waals surface area (Å²) in [5, 5.41) is 0. The first-order valence-electron chi connectivity index (χ1n) is 10.6. The zero-order valence-corrected chi connectivity index (χ0v) is 18.4. The van der Waals surface area contributed by atoms with Gasteiger partial charge in [-0.15, -0.1) is 0 Å². The molecule has 0 bridgehead atoms. The minimum absolute atomic E-state index is 0.0250. The lowest BCUT2D eigenvalue weighted by Gasteiger charge is -2.37. The van der Waals surface area contributed by atoms with Gasteiger partial charge in [-0.3, -0.25) is 4.79 Å². The Morgan fingerprint density at radius 3 is 2.59 bits per heavy atom. The molecular formula is C23H35FN2O3. The first-order chi connectivity index (χ1) is 13.6. The molecule has 1 saturated heterocycles. The third kappa shape index (κ3) is 7.33. The number of carbonyl (C=O) groups excluding carboxylic acids is 2. The second kappa shape index (κ2) is 10.1. The van der Waals surface area contributed by atoms with Gasteiger partial charge in [0.1, 0.15) is 11.4 Å². The van der Waals surface area contributed by atoms with Crippen LogP contribution in [0.1, 0.15) is 59.4 Å². The smallest absolute Gasteiger partial charge is 0.410 e. The summed E-state index contributed by atoms with van der Waals surface area (Å²) in [5.74, 6) is 0.00385. The van der Waals surface area contributed by atoms with Crippen molar-refractivity contribution in [1.82, 2.24) is 9.80 Å². The predicted molar refractivity (Wildman–Crippen MR) is 112 cm³/mol. The summed E-state index contributed by atoms with van der Waals surface area (Å²) in [6.07, 6.45) is 2.28. The number of rotatable bonds is 6. The fourth-order valence-corrected chi connectivity index (χ4v) is 3.64. The number of piperidine rings is 1. The highest BCUT2D eigenvalue weighted by atomic mass is 19.1. The van der Waals surface area contributed by atoms with Crippen LogP contribution in [-0.2, 0) is 16.0 Å². The quantitative estimate of drug-likeness (QED) is 0.691. The van der Waals surface area contributed by atoms with E-state index in [4.69, 9.17) is 4.74 Å².